The molecule has 0 saturated carbocycles. The van der Waals surface area contributed by atoms with E-state index in [2.05, 4.69) is 10.2 Å². The van der Waals surface area contributed by atoms with Crippen LogP contribution < -0.4 is 5.32 Å². The number of nitrogens with one attached hydrogen (secondary N) is 1. The molecule has 1 fully saturated rings. The summed E-state index contributed by atoms with van der Waals surface area (Å²) >= 11 is 0. The number of nitrogens with zero attached hydrogens (tertiary/aromatic N) is 1. The van der Waals surface area contributed by atoms with Gasteiger partial charge in [-0.1, -0.05) is 12.1 Å². The standard InChI is InChI=1S/C18H23FN2O3/c1-21-10-8-18(9-11-21,13-17(23)24-2)20-16(22)7-6-14-4-3-5-15(19)12-14/h3-7,12H,8-11,13H2,1-2H3,(H,20,22). The van der Waals surface area contributed by atoms with E-state index in [0.29, 0.717) is 18.4 Å². The van der Waals surface area contributed by atoms with Gasteiger partial charge in [-0.05, 0) is 43.7 Å². The van der Waals surface area contributed by atoms with E-state index in [-0.39, 0.29) is 24.1 Å². The molecule has 0 bridgehead atoms. The van der Waals surface area contributed by atoms with Gasteiger partial charge >= 0.3 is 5.97 Å². The molecule has 0 atom stereocenters. The van der Waals surface area contributed by atoms with Crippen LogP contribution in [0, 0.1) is 5.82 Å². The highest BCUT2D eigenvalue weighted by molar-refractivity contribution is 5.92. The number of benzene rings is 1. The van der Waals surface area contributed by atoms with E-state index in [1.54, 1.807) is 18.2 Å². The second-order valence-electron chi connectivity index (χ2n) is 6.21. The van der Waals surface area contributed by atoms with Crippen LogP contribution in [0.15, 0.2) is 30.3 Å². The Morgan fingerprint density at radius 3 is 2.71 bits per heavy atom. The van der Waals surface area contributed by atoms with Gasteiger partial charge in [0.1, 0.15) is 5.82 Å². The minimum atomic E-state index is -0.594. The zero-order chi connectivity index (χ0) is 17.6. The van der Waals surface area contributed by atoms with E-state index in [4.69, 9.17) is 4.74 Å². The number of ether oxygens (including phenoxy) is 1. The highest BCUT2D eigenvalue weighted by atomic mass is 19.1. The number of carbonyl (C=O) groups excluding carboxylic acids is 2. The molecule has 1 heterocycles. The molecule has 0 aliphatic carbocycles. The van der Waals surface area contributed by atoms with Crippen molar-refractivity contribution in [2.24, 2.45) is 0 Å². The molecule has 1 saturated heterocycles. The molecule has 130 valence electrons. The Morgan fingerprint density at radius 1 is 1.38 bits per heavy atom. The molecule has 0 unspecified atom stereocenters. The average molecular weight is 334 g/mol. The largest absolute Gasteiger partial charge is 0.469 e. The first-order valence-electron chi connectivity index (χ1n) is 7.94. The van der Waals surface area contributed by atoms with Crippen LogP contribution in [0.4, 0.5) is 4.39 Å². The van der Waals surface area contributed by atoms with Crippen molar-refractivity contribution in [1.82, 2.24) is 10.2 Å². The SMILES string of the molecule is COC(=O)CC1(NC(=O)C=Cc2cccc(F)c2)CCN(C)CC1. The second-order valence-corrected chi connectivity index (χ2v) is 6.21. The summed E-state index contributed by atoms with van der Waals surface area (Å²) in [4.78, 5) is 26.1. The zero-order valence-electron chi connectivity index (χ0n) is 14.0. The smallest absolute Gasteiger partial charge is 0.307 e. The van der Waals surface area contributed by atoms with Crippen LogP contribution in [0.3, 0.4) is 0 Å². The van der Waals surface area contributed by atoms with E-state index in [9.17, 15) is 14.0 Å². The molecule has 1 aromatic carbocycles. The summed E-state index contributed by atoms with van der Waals surface area (Å²) in [5.41, 5.74) is 0.0127. The molecule has 1 aliphatic heterocycles. The Labute approximate surface area is 141 Å². The first-order chi connectivity index (χ1) is 11.4. The van der Waals surface area contributed by atoms with E-state index in [0.717, 1.165) is 13.1 Å². The van der Waals surface area contributed by atoms with Crippen molar-refractivity contribution < 1.29 is 18.7 Å². The molecule has 5 nitrogen and oxygen atoms in total. The Balaban J connectivity index is 2.05. The predicted molar refractivity (Wildman–Crippen MR) is 89.7 cm³/mol. The molecular weight excluding hydrogens is 311 g/mol. The lowest BCUT2D eigenvalue weighted by atomic mass is 9.84. The maximum atomic E-state index is 13.2. The molecule has 1 N–H and O–H groups in total. The highest BCUT2D eigenvalue weighted by Crippen LogP contribution is 2.26. The van der Waals surface area contributed by atoms with E-state index >= 15 is 0 Å². The van der Waals surface area contributed by atoms with Gasteiger partial charge in [0.05, 0.1) is 19.1 Å². The molecule has 6 heteroatoms. The van der Waals surface area contributed by atoms with Crippen molar-refractivity contribution in [2.75, 3.05) is 27.2 Å². The van der Waals surface area contributed by atoms with Gasteiger partial charge in [-0.2, -0.15) is 0 Å². The van der Waals surface area contributed by atoms with Gasteiger partial charge in [0, 0.05) is 19.2 Å². The fraction of sp³-hybridized carbons (Fsp3) is 0.444. The highest BCUT2D eigenvalue weighted by Gasteiger charge is 2.37. The number of methoxy groups -OCH3 is 1. The molecule has 1 aromatic rings. The number of piperidine rings is 1. The summed E-state index contributed by atoms with van der Waals surface area (Å²) in [5.74, 6) is -0.989. The summed E-state index contributed by atoms with van der Waals surface area (Å²) in [6.07, 6.45) is 4.43. The number of amides is 1. The predicted octanol–water partition coefficient (Wildman–Crippen LogP) is 1.98. The summed E-state index contributed by atoms with van der Waals surface area (Å²) in [5, 5.41) is 2.96. The molecule has 0 spiro atoms. The molecule has 2 rings (SSSR count). The molecule has 1 aliphatic rings. The van der Waals surface area contributed by atoms with E-state index in [1.807, 2.05) is 7.05 Å². The Hall–Kier alpha value is -2.21. The van der Waals surface area contributed by atoms with Crippen LogP contribution in [0.5, 0.6) is 0 Å². The number of hydrogen-bond acceptors (Lipinski definition) is 4. The van der Waals surface area contributed by atoms with Crippen molar-refractivity contribution in [1.29, 1.82) is 0 Å². The van der Waals surface area contributed by atoms with Crippen molar-refractivity contribution in [2.45, 2.75) is 24.8 Å². The fourth-order valence-corrected chi connectivity index (χ4v) is 2.83. The summed E-state index contributed by atoms with van der Waals surface area (Å²) in [6.45, 7) is 1.59. The lowest BCUT2D eigenvalue weighted by Gasteiger charge is -2.40. The summed E-state index contributed by atoms with van der Waals surface area (Å²) in [7, 11) is 3.35. The van der Waals surface area contributed by atoms with Gasteiger partial charge < -0.3 is 15.0 Å². The summed E-state index contributed by atoms with van der Waals surface area (Å²) < 4.78 is 17.9. The first-order valence-corrected chi connectivity index (χ1v) is 7.94. The van der Waals surface area contributed by atoms with Crippen LogP contribution in [0.25, 0.3) is 6.08 Å². The molecule has 0 radical (unpaired) electrons. The van der Waals surface area contributed by atoms with E-state index in [1.165, 1.54) is 25.3 Å². The van der Waals surface area contributed by atoms with Crippen molar-refractivity contribution in [3.8, 4) is 0 Å². The van der Waals surface area contributed by atoms with Gasteiger partial charge in [0.15, 0.2) is 0 Å². The topological polar surface area (TPSA) is 58.6 Å². The number of hydrogen-bond donors (Lipinski definition) is 1. The summed E-state index contributed by atoms with van der Waals surface area (Å²) in [6, 6.07) is 6.00. The molecule has 24 heavy (non-hydrogen) atoms. The maximum Gasteiger partial charge on any atom is 0.307 e. The van der Waals surface area contributed by atoms with Crippen LogP contribution in [-0.4, -0.2) is 49.6 Å². The second kappa shape index (κ2) is 8.06. The van der Waals surface area contributed by atoms with Crippen molar-refractivity contribution >= 4 is 18.0 Å². The van der Waals surface area contributed by atoms with Crippen LogP contribution >= 0.6 is 0 Å². The Kier molecular flexibility index (Phi) is 6.09. The first kappa shape index (κ1) is 18.1. The number of halogens is 1. The Morgan fingerprint density at radius 2 is 2.08 bits per heavy atom. The number of rotatable bonds is 5. The molecular formula is C18H23FN2O3. The molecule has 1 amide bonds. The van der Waals surface area contributed by atoms with Crippen molar-refractivity contribution in [3.63, 3.8) is 0 Å². The van der Waals surface area contributed by atoms with Crippen LogP contribution in [0.2, 0.25) is 0 Å². The number of esters is 1. The van der Waals surface area contributed by atoms with Crippen LogP contribution in [0.1, 0.15) is 24.8 Å². The minimum Gasteiger partial charge on any atom is -0.469 e. The normalized spacial score (nSPS) is 17.6. The third-order valence-corrected chi connectivity index (χ3v) is 4.32. The van der Waals surface area contributed by atoms with Gasteiger partial charge in [-0.3, -0.25) is 9.59 Å². The van der Waals surface area contributed by atoms with Gasteiger partial charge in [-0.25, -0.2) is 4.39 Å². The maximum absolute atomic E-state index is 13.2. The van der Waals surface area contributed by atoms with Crippen molar-refractivity contribution in [3.05, 3.63) is 41.7 Å². The average Bonchev–Trinajstić information content (AvgIpc) is 2.56. The quantitative estimate of drug-likeness (QED) is 0.661. The Bertz CT molecular complexity index is 622. The van der Waals surface area contributed by atoms with E-state index < -0.39 is 5.54 Å². The lowest BCUT2D eigenvalue weighted by molar-refractivity contribution is -0.143. The number of carbonyl (C=O) groups is 2. The third-order valence-electron chi connectivity index (χ3n) is 4.32. The molecule has 0 aromatic heterocycles. The van der Waals surface area contributed by atoms with Gasteiger partial charge in [0.2, 0.25) is 5.91 Å². The third kappa shape index (κ3) is 5.16. The van der Waals surface area contributed by atoms with Gasteiger partial charge in [0.25, 0.3) is 0 Å². The lowest BCUT2D eigenvalue weighted by Crippen LogP contribution is -2.55. The van der Waals surface area contributed by atoms with Gasteiger partial charge in [-0.15, -0.1) is 0 Å². The fourth-order valence-electron chi connectivity index (χ4n) is 2.83. The zero-order valence-corrected chi connectivity index (χ0v) is 14.0. The number of likely N-dealkylation sites (tertiary alicyclic amines) is 1. The minimum absolute atomic E-state index is 0.150. The van der Waals surface area contributed by atoms with Crippen LogP contribution in [-0.2, 0) is 14.3 Å². The monoisotopic (exact) mass is 334 g/mol.